The predicted molar refractivity (Wildman–Crippen MR) is 73.5 cm³/mol. The van der Waals surface area contributed by atoms with Crippen molar-refractivity contribution >= 4 is 11.8 Å². The molecule has 2 unspecified atom stereocenters. The molecule has 1 aliphatic carbocycles. The fourth-order valence-corrected chi connectivity index (χ4v) is 3.05. The number of carboxylic acid groups (broad SMARTS) is 1. The molecular formula is C16H17F3O3. The lowest BCUT2D eigenvalue weighted by atomic mass is 9.78. The van der Waals surface area contributed by atoms with Gasteiger partial charge in [-0.25, -0.2) is 0 Å². The number of Topliss-reactive ketones (excluding diaryl/α,β-unsaturated/α-hetero) is 1. The number of aliphatic carboxylic acids is 1. The average molecular weight is 314 g/mol. The van der Waals surface area contributed by atoms with E-state index in [0.29, 0.717) is 25.7 Å². The molecule has 2 atom stereocenters. The summed E-state index contributed by atoms with van der Waals surface area (Å²) in [5.41, 5.74) is -1.25. The second kappa shape index (κ2) is 6.50. The van der Waals surface area contributed by atoms with Crippen molar-refractivity contribution in [3.8, 4) is 0 Å². The van der Waals surface area contributed by atoms with E-state index in [9.17, 15) is 22.8 Å². The Labute approximate surface area is 126 Å². The topological polar surface area (TPSA) is 54.4 Å². The lowest BCUT2D eigenvalue weighted by Crippen LogP contribution is -2.24. The normalized spacial score (nSPS) is 22.3. The van der Waals surface area contributed by atoms with E-state index in [4.69, 9.17) is 5.11 Å². The number of halogens is 3. The van der Waals surface area contributed by atoms with Crippen LogP contribution in [0.3, 0.4) is 0 Å². The molecule has 0 amide bonds. The van der Waals surface area contributed by atoms with Crippen LogP contribution in [0, 0.1) is 11.8 Å². The van der Waals surface area contributed by atoms with E-state index in [1.54, 1.807) is 0 Å². The molecule has 22 heavy (non-hydrogen) atoms. The summed E-state index contributed by atoms with van der Waals surface area (Å²) in [7, 11) is 0. The fraction of sp³-hybridized carbons (Fsp3) is 0.500. The van der Waals surface area contributed by atoms with Gasteiger partial charge in [0, 0.05) is 12.0 Å². The minimum atomic E-state index is -4.57. The zero-order valence-corrected chi connectivity index (χ0v) is 11.9. The van der Waals surface area contributed by atoms with Gasteiger partial charge in [-0.15, -0.1) is 0 Å². The summed E-state index contributed by atoms with van der Waals surface area (Å²) in [6.45, 7) is 0. The van der Waals surface area contributed by atoms with Crippen LogP contribution in [0.5, 0.6) is 0 Å². The van der Waals surface area contributed by atoms with Crippen molar-refractivity contribution in [2.24, 2.45) is 11.8 Å². The molecule has 1 aliphatic rings. The summed E-state index contributed by atoms with van der Waals surface area (Å²) >= 11 is 0. The third-order valence-electron chi connectivity index (χ3n) is 4.14. The number of rotatable bonds is 4. The van der Waals surface area contributed by atoms with Crippen LogP contribution in [0.15, 0.2) is 24.3 Å². The molecule has 0 saturated heterocycles. The van der Waals surface area contributed by atoms with Gasteiger partial charge in [0.2, 0.25) is 0 Å². The van der Waals surface area contributed by atoms with Gasteiger partial charge >= 0.3 is 12.1 Å². The van der Waals surface area contributed by atoms with Crippen LogP contribution in [0.4, 0.5) is 13.2 Å². The van der Waals surface area contributed by atoms with Crippen molar-refractivity contribution in [1.82, 2.24) is 0 Å². The van der Waals surface area contributed by atoms with E-state index >= 15 is 0 Å². The second-order valence-corrected chi connectivity index (χ2v) is 5.74. The first kappa shape index (κ1) is 16.5. The summed E-state index contributed by atoms with van der Waals surface area (Å²) in [5.74, 6) is -2.12. The predicted octanol–water partition coefficient (Wildman–Crippen LogP) is 4.17. The van der Waals surface area contributed by atoms with Gasteiger partial charge in [0.1, 0.15) is 0 Å². The lowest BCUT2D eigenvalue weighted by molar-refractivity contribution is -0.143. The molecule has 0 heterocycles. The van der Waals surface area contributed by atoms with Crippen LogP contribution >= 0.6 is 0 Å². The van der Waals surface area contributed by atoms with Crippen LogP contribution in [0.2, 0.25) is 0 Å². The van der Waals surface area contributed by atoms with Crippen molar-refractivity contribution in [1.29, 1.82) is 0 Å². The lowest BCUT2D eigenvalue weighted by Gasteiger charge is -2.26. The SMILES string of the molecule is O=C(CC1CCCC(C(=O)O)C1)c1ccccc1C(F)(F)F. The monoisotopic (exact) mass is 314 g/mol. The Morgan fingerprint density at radius 2 is 1.86 bits per heavy atom. The zero-order valence-electron chi connectivity index (χ0n) is 11.9. The Morgan fingerprint density at radius 3 is 2.50 bits per heavy atom. The Hall–Kier alpha value is -1.85. The van der Waals surface area contributed by atoms with Gasteiger partial charge in [0.25, 0.3) is 0 Å². The summed E-state index contributed by atoms with van der Waals surface area (Å²) in [4.78, 5) is 23.2. The summed E-state index contributed by atoms with van der Waals surface area (Å²) < 4.78 is 38.8. The van der Waals surface area contributed by atoms with E-state index in [2.05, 4.69) is 0 Å². The molecule has 1 aromatic carbocycles. The fourth-order valence-electron chi connectivity index (χ4n) is 3.05. The zero-order chi connectivity index (χ0) is 16.3. The van der Waals surface area contributed by atoms with Gasteiger partial charge in [0.05, 0.1) is 11.5 Å². The number of carbonyl (C=O) groups is 2. The minimum absolute atomic E-state index is 0.0309. The Kier molecular flexibility index (Phi) is 4.88. The van der Waals surface area contributed by atoms with Gasteiger partial charge in [-0.1, -0.05) is 24.6 Å². The number of hydrogen-bond acceptors (Lipinski definition) is 2. The van der Waals surface area contributed by atoms with E-state index in [-0.39, 0.29) is 17.9 Å². The summed E-state index contributed by atoms with van der Waals surface area (Å²) in [5, 5.41) is 9.02. The highest BCUT2D eigenvalue weighted by molar-refractivity contribution is 5.97. The Morgan fingerprint density at radius 1 is 1.18 bits per heavy atom. The van der Waals surface area contributed by atoms with Gasteiger partial charge in [-0.2, -0.15) is 13.2 Å². The number of alkyl halides is 3. The molecule has 1 N–H and O–H groups in total. The molecule has 3 nitrogen and oxygen atoms in total. The standard InChI is InChI=1S/C16H17F3O3/c17-16(18,19)13-7-2-1-6-12(13)14(20)9-10-4-3-5-11(8-10)15(21)22/h1-2,6-7,10-11H,3-5,8-9H2,(H,21,22). The van der Waals surface area contributed by atoms with E-state index in [1.165, 1.54) is 18.2 Å². The molecule has 0 spiro atoms. The van der Waals surface area contributed by atoms with Crippen LogP contribution in [0.25, 0.3) is 0 Å². The minimum Gasteiger partial charge on any atom is -0.481 e. The smallest absolute Gasteiger partial charge is 0.417 e. The molecule has 2 rings (SSSR count). The maximum absolute atomic E-state index is 12.9. The number of benzene rings is 1. The molecule has 0 radical (unpaired) electrons. The van der Waals surface area contributed by atoms with Crippen molar-refractivity contribution in [3.63, 3.8) is 0 Å². The van der Waals surface area contributed by atoms with Crippen LogP contribution in [0.1, 0.15) is 48.0 Å². The quantitative estimate of drug-likeness (QED) is 0.849. The molecule has 1 aromatic rings. The molecule has 1 saturated carbocycles. The first-order chi connectivity index (χ1) is 10.3. The Bertz CT molecular complexity index is 566. The highest BCUT2D eigenvalue weighted by atomic mass is 19.4. The van der Waals surface area contributed by atoms with E-state index in [0.717, 1.165) is 6.07 Å². The maximum atomic E-state index is 12.9. The number of carbonyl (C=O) groups excluding carboxylic acids is 1. The third kappa shape index (κ3) is 3.87. The van der Waals surface area contributed by atoms with Crippen molar-refractivity contribution in [2.45, 2.75) is 38.3 Å². The number of carboxylic acids is 1. The maximum Gasteiger partial charge on any atom is 0.417 e. The van der Waals surface area contributed by atoms with Crippen molar-refractivity contribution < 1.29 is 27.9 Å². The molecular weight excluding hydrogens is 297 g/mol. The van der Waals surface area contributed by atoms with Gasteiger partial charge in [-0.3, -0.25) is 9.59 Å². The molecule has 0 aromatic heterocycles. The molecule has 0 bridgehead atoms. The van der Waals surface area contributed by atoms with Crippen LogP contribution in [-0.4, -0.2) is 16.9 Å². The molecule has 0 aliphatic heterocycles. The molecule has 120 valence electrons. The van der Waals surface area contributed by atoms with E-state index < -0.39 is 29.4 Å². The molecule has 1 fully saturated rings. The van der Waals surface area contributed by atoms with Crippen LogP contribution < -0.4 is 0 Å². The molecule has 6 heteroatoms. The second-order valence-electron chi connectivity index (χ2n) is 5.74. The first-order valence-electron chi connectivity index (χ1n) is 7.21. The van der Waals surface area contributed by atoms with Gasteiger partial charge in [0.15, 0.2) is 5.78 Å². The van der Waals surface area contributed by atoms with Gasteiger partial charge in [-0.05, 0) is 31.2 Å². The van der Waals surface area contributed by atoms with Gasteiger partial charge < -0.3 is 5.11 Å². The van der Waals surface area contributed by atoms with Crippen molar-refractivity contribution in [2.75, 3.05) is 0 Å². The third-order valence-corrected chi connectivity index (χ3v) is 4.14. The summed E-state index contributed by atoms with van der Waals surface area (Å²) in [6.07, 6.45) is -2.30. The highest BCUT2D eigenvalue weighted by Crippen LogP contribution is 2.35. The summed E-state index contributed by atoms with van der Waals surface area (Å²) in [6, 6.07) is 4.74. The Balaban J connectivity index is 2.11. The first-order valence-corrected chi connectivity index (χ1v) is 7.21. The van der Waals surface area contributed by atoms with E-state index in [1.807, 2.05) is 0 Å². The number of hydrogen-bond donors (Lipinski definition) is 1. The highest BCUT2D eigenvalue weighted by Gasteiger charge is 2.35. The number of ketones is 1. The van der Waals surface area contributed by atoms with Crippen molar-refractivity contribution in [3.05, 3.63) is 35.4 Å². The van der Waals surface area contributed by atoms with Crippen LogP contribution in [-0.2, 0) is 11.0 Å². The largest absolute Gasteiger partial charge is 0.481 e. The average Bonchev–Trinajstić information content (AvgIpc) is 2.46.